The molecule has 4 heteroatoms. The van der Waals surface area contributed by atoms with E-state index in [1.54, 1.807) is 0 Å². The molecule has 0 aliphatic heterocycles. The first kappa shape index (κ1) is 12.3. The summed E-state index contributed by atoms with van der Waals surface area (Å²) in [5.74, 6) is 0. The largest absolute Gasteiger partial charge is 0.412 e. The number of hydrogen-bond donors (Lipinski definition) is 3. The molecule has 0 fully saturated rings. The van der Waals surface area contributed by atoms with E-state index in [1.807, 2.05) is 0 Å². The monoisotopic (exact) mass is 150 g/mol. The Morgan fingerprint density at radius 1 is 1.10 bits per heavy atom. The Morgan fingerprint density at radius 2 is 1.40 bits per heavy atom. The van der Waals surface area contributed by atoms with Gasteiger partial charge >= 0.3 is 0 Å². The molecule has 0 atom stereocenters. The summed E-state index contributed by atoms with van der Waals surface area (Å²) in [6.45, 7) is 2.54. The Balaban J connectivity index is 0. The predicted molar refractivity (Wildman–Crippen MR) is 37.5 cm³/mol. The van der Waals surface area contributed by atoms with Crippen LogP contribution in [0.5, 0.6) is 0 Å². The predicted octanol–water partition coefficient (Wildman–Crippen LogP) is -1.69. The van der Waals surface area contributed by atoms with Crippen LogP contribution in [-0.2, 0) is 0 Å². The minimum atomic E-state index is -0.903. The lowest BCUT2D eigenvalue weighted by atomic mass is 9.92. The molecule has 0 heterocycles. The molecule has 0 aromatic rings. The molecule has 4 nitrogen and oxygen atoms in total. The van der Waals surface area contributed by atoms with Crippen molar-refractivity contribution in [2.24, 2.45) is 5.41 Å². The van der Waals surface area contributed by atoms with E-state index in [1.165, 1.54) is 6.08 Å². The third-order valence-corrected chi connectivity index (χ3v) is 1.38. The summed E-state index contributed by atoms with van der Waals surface area (Å²) < 4.78 is 0. The van der Waals surface area contributed by atoms with E-state index < -0.39 is 5.41 Å². The average Bonchev–Trinajstić information content (AvgIpc) is 1.95. The topological polar surface area (TPSA) is 92.2 Å². The minimum absolute atomic E-state index is 0. The van der Waals surface area contributed by atoms with E-state index in [4.69, 9.17) is 15.3 Å². The lowest BCUT2D eigenvalue weighted by Crippen LogP contribution is -2.31. The van der Waals surface area contributed by atoms with E-state index in [2.05, 4.69) is 6.58 Å². The van der Waals surface area contributed by atoms with Crippen molar-refractivity contribution in [3.63, 3.8) is 0 Å². The summed E-state index contributed by atoms with van der Waals surface area (Å²) in [7, 11) is 0. The summed E-state index contributed by atoms with van der Waals surface area (Å²) in [4.78, 5) is 0. The van der Waals surface area contributed by atoms with Crippen molar-refractivity contribution in [1.82, 2.24) is 0 Å². The normalized spacial score (nSPS) is 10.3. The highest BCUT2D eigenvalue weighted by Crippen LogP contribution is 2.14. The van der Waals surface area contributed by atoms with Crippen molar-refractivity contribution >= 4 is 0 Å². The van der Waals surface area contributed by atoms with E-state index >= 15 is 0 Å². The maximum Gasteiger partial charge on any atom is 0.0573 e. The van der Waals surface area contributed by atoms with Gasteiger partial charge in [0, 0.05) is 0 Å². The van der Waals surface area contributed by atoms with Gasteiger partial charge in [-0.3, -0.25) is 0 Å². The summed E-state index contributed by atoms with van der Waals surface area (Å²) >= 11 is 0. The van der Waals surface area contributed by atoms with Crippen LogP contribution < -0.4 is 0 Å². The van der Waals surface area contributed by atoms with Gasteiger partial charge in [0.25, 0.3) is 0 Å². The number of aliphatic hydroxyl groups is 3. The fraction of sp³-hybridized carbons (Fsp3) is 0.667. The molecule has 0 amide bonds. The quantitative estimate of drug-likeness (QED) is 0.417. The molecule has 0 aliphatic rings. The third-order valence-electron chi connectivity index (χ3n) is 1.38. The highest BCUT2D eigenvalue weighted by molar-refractivity contribution is 4.93. The second kappa shape index (κ2) is 5.37. The summed E-state index contributed by atoms with van der Waals surface area (Å²) in [6, 6.07) is 0. The molecule has 0 saturated carbocycles. The molecule has 0 spiro atoms. The van der Waals surface area contributed by atoms with Crippen LogP contribution in [0.3, 0.4) is 0 Å². The molecule has 0 unspecified atom stereocenters. The Morgan fingerprint density at radius 3 is 1.40 bits per heavy atom. The lowest BCUT2D eigenvalue weighted by Gasteiger charge is -2.21. The third kappa shape index (κ3) is 2.45. The van der Waals surface area contributed by atoms with Crippen molar-refractivity contribution in [3.05, 3.63) is 12.7 Å². The van der Waals surface area contributed by atoms with Crippen LogP contribution in [0.2, 0.25) is 0 Å². The summed E-state index contributed by atoms with van der Waals surface area (Å²) in [5.41, 5.74) is -0.903. The lowest BCUT2D eigenvalue weighted by molar-refractivity contribution is 0.0421. The fourth-order valence-electron chi connectivity index (χ4n) is 0.344. The number of hydrogen-bond acceptors (Lipinski definition) is 3. The highest BCUT2D eigenvalue weighted by atomic mass is 16.3. The SMILES string of the molecule is C=CC(CO)(CO)CO.O. The molecule has 0 bridgehead atoms. The first-order chi connectivity index (χ1) is 4.24. The van der Waals surface area contributed by atoms with Gasteiger partial charge in [-0.1, -0.05) is 6.08 Å². The fourth-order valence-corrected chi connectivity index (χ4v) is 0.344. The van der Waals surface area contributed by atoms with Gasteiger partial charge in [-0.05, 0) is 0 Å². The Hall–Kier alpha value is -0.420. The Bertz CT molecular complexity index is 79.5. The van der Waals surface area contributed by atoms with Gasteiger partial charge in [-0.2, -0.15) is 0 Å². The van der Waals surface area contributed by atoms with Crippen LogP contribution in [0.4, 0.5) is 0 Å². The van der Waals surface area contributed by atoms with E-state index in [0.717, 1.165) is 0 Å². The van der Waals surface area contributed by atoms with Crippen molar-refractivity contribution in [2.75, 3.05) is 19.8 Å². The van der Waals surface area contributed by atoms with Crippen LogP contribution in [-0.4, -0.2) is 40.6 Å². The number of rotatable bonds is 4. The Kier molecular flexibility index (Phi) is 6.59. The average molecular weight is 150 g/mol. The van der Waals surface area contributed by atoms with E-state index in [-0.39, 0.29) is 25.3 Å². The van der Waals surface area contributed by atoms with Gasteiger partial charge in [-0.25, -0.2) is 0 Å². The van der Waals surface area contributed by atoms with Crippen molar-refractivity contribution in [2.45, 2.75) is 0 Å². The zero-order chi connectivity index (χ0) is 7.33. The van der Waals surface area contributed by atoms with Gasteiger partial charge in [0.05, 0.1) is 25.2 Å². The van der Waals surface area contributed by atoms with Gasteiger partial charge < -0.3 is 20.8 Å². The highest BCUT2D eigenvalue weighted by Gasteiger charge is 2.22. The van der Waals surface area contributed by atoms with Crippen LogP contribution in [0.25, 0.3) is 0 Å². The summed E-state index contributed by atoms with van der Waals surface area (Å²) in [6.07, 6.45) is 1.35. The van der Waals surface area contributed by atoms with Gasteiger partial charge in [0.1, 0.15) is 0 Å². The molecule has 10 heavy (non-hydrogen) atoms. The standard InChI is InChI=1S/C6H12O3.H2O/c1-2-6(3-7,4-8)5-9;/h2,7-9H,1,3-5H2;1H2. The Labute approximate surface area is 59.7 Å². The zero-order valence-electron chi connectivity index (χ0n) is 5.75. The van der Waals surface area contributed by atoms with Crippen molar-refractivity contribution < 1.29 is 20.8 Å². The zero-order valence-corrected chi connectivity index (χ0v) is 5.75. The van der Waals surface area contributed by atoms with Crippen LogP contribution in [0.1, 0.15) is 0 Å². The van der Waals surface area contributed by atoms with E-state index in [0.29, 0.717) is 0 Å². The molecule has 0 aromatic heterocycles. The number of aliphatic hydroxyl groups excluding tert-OH is 3. The molecule has 0 rings (SSSR count). The molecule has 0 aromatic carbocycles. The van der Waals surface area contributed by atoms with Crippen molar-refractivity contribution in [3.8, 4) is 0 Å². The molecule has 0 radical (unpaired) electrons. The van der Waals surface area contributed by atoms with E-state index in [9.17, 15) is 0 Å². The molecule has 5 N–H and O–H groups in total. The first-order valence-corrected chi connectivity index (χ1v) is 2.71. The first-order valence-electron chi connectivity index (χ1n) is 2.71. The molecular formula is C6H14O4. The second-order valence-electron chi connectivity index (χ2n) is 2.04. The van der Waals surface area contributed by atoms with Gasteiger partial charge in [0.15, 0.2) is 0 Å². The van der Waals surface area contributed by atoms with Crippen molar-refractivity contribution in [1.29, 1.82) is 0 Å². The molecule has 0 saturated heterocycles. The smallest absolute Gasteiger partial charge is 0.0573 e. The maximum absolute atomic E-state index is 8.59. The summed E-state index contributed by atoms with van der Waals surface area (Å²) in [5, 5.41) is 25.8. The second-order valence-corrected chi connectivity index (χ2v) is 2.04. The van der Waals surface area contributed by atoms with Gasteiger partial charge in [-0.15, -0.1) is 6.58 Å². The minimum Gasteiger partial charge on any atom is -0.412 e. The van der Waals surface area contributed by atoms with Crippen LogP contribution >= 0.6 is 0 Å². The van der Waals surface area contributed by atoms with Crippen LogP contribution in [0, 0.1) is 5.41 Å². The van der Waals surface area contributed by atoms with Gasteiger partial charge in [0.2, 0.25) is 0 Å². The molecule has 62 valence electrons. The molecular weight excluding hydrogens is 136 g/mol. The molecule has 0 aliphatic carbocycles. The maximum atomic E-state index is 8.59. The van der Waals surface area contributed by atoms with Crippen LogP contribution in [0.15, 0.2) is 12.7 Å².